The third-order valence-electron chi connectivity index (χ3n) is 3.66. The predicted molar refractivity (Wildman–Crippen MR) is 66.4 cm³/mol. The van der Waals surface area contributed by atoms with Gasteiger partial charge in [-0.25, -0.2) is 4.39 Å². The molecule has 2 rings (SSSR count). The van der Waals surface area contributed by atoms with E-state index in [4.69, 9.17) is 0 Å². The number of aliphatic hydroxyl groups is 1. The lowest BCUT2D eigenvalue weighted by Crippen LogP contribution is -2.45. The zero-order chi connectivity index (χ0) is 12.3. The fourth-order valence-electron chi connectivity index (χ4n) is 2.49. The maximum Gasteiger partial charge on any atom is 0.123 e. The van der Waals surface area contributed by atoms with Gasteiger partial charge in [0.1, 0.15) is 5.82 Å². The molecule has 0 bridgehead atoms. The number of rotatable bonds is 3. The third kappa shape index (κ3) is 3.27. The molecule has 1 heterocycles. The first-order chi connectivity index (χ1) is 8.11. The molecule has 0 unspecified atom stereocenters. The quantitative estimate of drug-likeness (QED) is 0.871. The van der Waals surface area contributed by atoms with E-state index in [-0.39, 0.29) is 5.82 Å². The van der Waals surface area contributed by atoms with Crippen LogP contribution in [0.25, 0.3) is 0 Å². The topological polar surface area (TPSA) is 23.5 Å². The molecule has 0 atom stereocenters. The van der Waals surface area contributed by atoms with Gasteiger partial charge in [-0.2, -0.15) is 0 Å². The van der Waals surface area contributed by atoms with Gasteiger partial charge in [-0.1, -0.05) is 19.1 Å². The smallest absolute Gasteiger partial charge is 0.123 e. The number of halogens is 1. The molecule has 94 valence electrons. The van der Waals surface area contributed by atoms with E-state index in [9.17, 15) is 9.50 Å². The molecular weight excluding hydrogens is 217 g/mol. The van der Waals surface area contributed by atoms with Gasteiger partial charge >= 0.3 is 0 Å². The van der Waals surface area contributed by atoms with Gasteiger partial charge < -0.3 is 10.0 Å². The second-order valence-electron chi connectivity index (χ2n) is 4.97. The average Bonchev–Trinajstić information content (AvgIpc) is 2.29. The number of nitrogens with zero attached hydrogens (tertiary/aromatic N) is 1. The standard InChI is InChI=1S/C14H20FNO/c1-2-16-8-6-14(17,7-9-16)11-12-4-3-5-13(15)10-12/h3-5,10,17H,2,6-9,11H2,1H3. The second-order valence-corrected chi connectivity index (χ2v) is 4.97. The van der Waals surface area contributed by atoms with E-state index in [0.29, 0.717) is 6.42 Å². The molecule has 1 aromatic rings. The van der Waals surface area contributed by atoms with Crippen LogP contribution in [0, 0.1) is 5.82 Å². The van der Waals surface area contributed by atoms with E-state index in [1.165, 1.54) is 12.1 Å². The Balaban J connectivity index is 1.99. The maximum atomic E-state index is 13.1. The highest BCUT2D eigenvalue weighted by molar-refractivity contribution is 5.18. The lowest BCUT2D eigenvalue weighted by atomic mass is 9.85. The Kier molecular flexibility index (Phi) is 3.79. The molecule has 1 aliphatic rings. The van der Waals surface area contributed by atoms with Crippen molar-refractivity contribution in [1.29, 1.82) is 0 Å². The predicted octanol–water partition coefficient (Wildman–Crippen LogP) is 2.21. The summed E-state index contributed by atoms with van der Waals surface area (Å²) >= 11 is 0. The summed E-state index contributed by atoms with van der Waals surface area (Å²) in [5, 5.41) is 10.5. The zero-order valence-corrected chi connectivity index (χ0v) is 10.3. The molecule has 0 amide bonds. The van der Waals surface area contributed by atoms with Crippen molar-refractivity contribution in [2.45, 2.75) is 31.8 Å². The van der Waals surface area contributed by atoms with Crippen LogP contribution in [0.4, 0.5) is 4.39 Å². The Labute approximate surface area is 102 Å². The van der Waals surface area contributed by atoms with Crippen LogP contribution in [0.5, 0.6) is 0 Å². The summed E-state index contributed by atoms with van der Waals surface area (Å²) < 4.78 is 13.1. The van der Waals surface area contributed by atoms with Crippen molar-refractivity contribution in [1.82, 2.24) is 4.90 Å². The van der Waals surface area contributed by atoms with Crippen LogP contribution in [-0.4, -0.2) is 35.2 Å². The molecule has 2 nitrogen and oxygen atoms in total. The molecule has 1 aromatic carbocycles. The van der Waals surface area contributed by atoms with Gasteiger partial charge in [0, 0.05) is 19.5 Å². The minimum absolute atomic E-state index is 0.225. The highest BCUT2D eigenvalue weighted by Crippen LogP contribution is 2.26. The van der Waals surface area contributed by atoms with Crippen LogP contribution in [0.15, 0.2) is 24.3 Å². The molecule has 3 heteroatoms. The van der Waals surface area contributed by atoms with Gasteiger partial charge in [0.25, 0.3) is 0 Å². The SMILES string of the molecule is CCN1CCC(O)(Cc2cccc(F)c2)CC1. The molecule has 17 heavy (non-hydrogen) atoms. The van der Waals surface area contributed by atoms with Crippen molar-refractivity contribution in [3.8, 4) is 0 Å². The monoisotopic (exact) mass is 237 g/mol. The van der Waals surface area contributed by atoms with Crippen molar-refractivity contribution in [3.63, 3.8) is 0 Å². The average molecular weight is 237 g/mol. The van der Waals surface area contributed by atoms with Gasteiger partial charge in [-0.3, -0.25) is 0 Å². The Hall–Kier alpha value is -0.930. The minimum Gasteiger partial charge on any atom is -0.389 e. The van der Waals surface area contributed by atoms with Gasteiger partial charge in [0.05, 0.1) is 5.60 Å². The lowest BCUT2D eigenvalue weighted by Gasteiger charge is -2.37. The van der Waals surface area contributed by atoms with Crippen molar-refractivity contribution in [2.24, 2.45) is 0 Å². The molecule has 1 fully saturated rings. The molecule has 1 aliphatic heterocycles. The van der Waals surface area contributed by atoms with Gasteiger partial charge in [-0.05, 0) is 37.1 Å². The Morgan fingerprint density at radius 2 is 2.06 bits per heavy atom. The maximum absolute atomic E-state index is 13.1. The molecule has 0 saturated carbocycles. The van der Waals surface area contributed by atoms with Crippen molar-refractivity contribution < 1.29 is 9.50 Å². The first-order valence-electron chi connectivity index (χ1n) is 6.30. The van der Waals surface area contributed by atoms with Crippen LogP contribution >= 0.6 is 0 Å². The van der Waals surface area contributed by atoms with Crippen LogP contribution in [-0.2, 0) is 6.42 Å². The van der Waals surface area contributed by atoms with E-state index < -0.39 is 5.60 Å². The van der Waals surface area contributed by atoms with Crippen LogP contribution < -0.4 is 0 Å². The number of hydrogen-bond donors (Lipinski definition) is 1. The largest absolute Gasteiger partial charge is 0.389 e. The summed E-state index contributed by atoms with van der Waals surface area (Å²) in [4.78, 5) is 2.33. The van der Waals surface area contributed by atoms with E-state index in [1.54, 1.807) is 6.07 Å². The van der Waals surface area contributed by atoms with Gasteiger partial charge in [0.15, 0.2) is 0 Å². The Morgan fingerprint density at radius 3 is 2.65 bits per heavy atom. The first kappa shape index (κ1) is 12.5. The number of likely N-dealkylation sites (tertiary alicyclic amines) is 1. The van der Waals surface area contributed by atoms with Crippen molar-refractivity contribution in [3.05, 3.63) is 35.6 Å². The van der Waals surface area contributed by atoms with E-state index >= 15 is 0 Å². The summed E-state index contributed by atoms with van der Waals surface area (Å²) in [5.41, 5.74) is 0.233. The normalized spacial score (nSPS) is 20.4. The number of hydrogen-bond acceptors (Lipinski definition) is 2. The summed E-state index contributed by atoms with van der Waals surface area (Å²) in [5.74, 6) is -0.225. The van der Waals surface area contributed by atoms with E-state index in [0.717, 1.165) is 38.0 Å². The van der Waals surface area contributed by atoms with Gasteiger partial charge in [-0.15, -0.1) is 0 Å². The fourth-order valence-corrected chi connectivity index (χ4v) is 2.49. The van der Waals surface area contributed by atoms with Crippen LogP contribution in [0.3, 0.4) is 0 Å². The summed E-state index contributed by atoms with van der Waals surface area (Å²) in [6.07, 6.45) is 2.11. The van der Waals surface area contributed by atoms with Crippen LogP contribution in [0.2, 0.25) is 0 Å². The lowest BCUT2D eigenvalue weighted by molar-refractivity contribution is -0.0194. The first-order valence-corrected chi connectivity index (χ1v) is 6.30. The molecule has 1 saturated heterocycles. The number of piperidine rings is 1. The molecule has 0 spiro atoms. The Morgan fingerprint density at radius 1 is 1.35 bits per heavy atom. The molecule has 0 aromatic heterocycles. The molecule has 1 N–H and O–H groups in total. The van der Waals surface area contributed by atoms with Crippen molar-refractivity contribution in [2.75, 3.05) is 19.6 Å². The van der Waals surface area contributed by atoms with E-state index in [2.05, 4.69) is 11.8 Å². The van der Waals surface area contributed by atoms with E-state index in [1.807, 2.05) is 6.07 Å². The Bertz CT molecular complexity index is 372. The number of benzene rings is 1. The highest BCUT2D eigenvalue weighted by atomic mass is 19.1. The second kappa shape index (κ2) is 5.15. The summed E-state index contributed by atoms with van der Waals surface area (Å²) in [6, 6.07) is 6.54. The molecular formula is C14H20FNO. The highest BCUT2D eigenvalue weighted by Gasteiger charge is 2.31. The van der Waals surface area contributed by atoms with Crippen LogP contribution in [0.1, 0.15) is 25.3 Å². The summed E-state index contributed by atoms with van der Waals surface area (Å²) in [6.45, 7) is 5.04. The van der Waals surface area contributed by atoms with Crippen molar-refractivity contribution >= 4 is 0 Å². The third-order valence-corrected chi connectivity index (χ3v) is 3.66. The zero-order valence-electron chi connectivity index (χ0n) is 10.3. The van der Waals surface area contributed by atoms with Gasteiger partial charge in [0.2, 0.25) is 0 Å². The fraction of sp³-hybridized carbons (Fsp3) is 0.571. The molecule has 0 aliphatic carbocycles. The summed E-state index contributed by atoms with van der Waals surface area (Å²) in [7, 11) is 0. The minimum atomic E-state index is -0.653. The molecule has 0 radical (unpaired) electrons.